The molecule has 1 atom stereocenters. The molecule has 2 N–H and O–H groups in total. The molecule has 5 heteroatoms. The minimum absolute atomic E-state index is 0.169. The molecule has 23 heavy (non-hydrogen) atoms. The number of methoxy groups -OCH3 is 1. The number of halogens is 1. The zero-order chi connectivity index (χ0) is 16.7. The highest BCUT2D eigenvalue weighted by atomic mass is 35.5. The molecule has 0 fully saturated rings. The summed E-state index contributed by atoms with van der Waals surface area (Å²) in [7, 11) is 1.64. The Morgan fingerprint density at radius 1 is 1.13 bits per heavy atom. The highest BCUT2D eigenvalue weighted by molar-refractivity contribution is 6.30. The average molecular weight is 333 g/mol. The first-order chi connectivity index (χ1) is 11.1. The predicted molar refractivity (Wildman–Crippen MR) is 92.6 cm³/mol. The third kappa shape index (κ3) is 5.27. The standard InChI is InChI=1S/C18H21ClN2O2/c1-13-5-3-4-6-16(13)17(23-2)12-21-18(22)20-11-14-7-9-15(19)10-8-14/h3-10,17H,11-12H2,1-2H3,(H2,20,21,22). The number of benzene rings is 2. The topological polar surface area (TPSA) is 50.4 Å². The van der Waals surface area contributed by atoms with Crippen molar-refractivity contribution in [3.8, 4) is 0 Å². The van der Waals surface area contributed by atoms with E-state index in [2.05, 4.69) is 10.6 Å². The van der Waals surface area contributed by atoms with Gasteiger partial charge in [0.15, 0.2) is 0 Å². The molecule has 0 saturated heterocycles. The monoisotopic (exact) mass is 332 g/mol. The molecule has 0 aliphatic rings. The third-order valence-electron chi connectivity index (χ3n) is 3.63. The van der Waals surface area contributed by atoms with Gasteiger partial charge in [0.2, 0.25) is 0 Å². The number of hydrogen-bond donors (Lipinski definition) is 2. The number of ether oxygens (including phenoxy) is 1. The van der Waals surface area contributed by atoms with Crippen LogP contribution in [0.5, 0.6) is 0 Å². The lowest BCUT2D eigenvalue weighted by Crippen LogP contribution is -2.37. The lowest BCUT2D eigenvalue weighted by molar-refractivity contribution is 0.103. The van der Waals surface area contributed by atoms with Crippen molar-refractivity contribution in [2.75, 3.05) is 13.7 Å². The van der Waals surface area contributed by atoms with E-state index in [0.717, 1.165) is 16.7 Å². The van der Waals surface area contributed by atoms with Gasteiger partial charge in [-0.2, -0.15) is 0 Å². The lowest BCUT2D eigenvalue weighted by atomic mass is 10.0. The zero-order valence-electron chi connectivity index (χ0n) is 13.3. The van der Waals surface area contributed by atoms with Gasteiger partial charge in [-0.1, -0.05) is 48.0 Å². The Morgan fingerprint density at radius 2 is 1.83 bits per heavy atom. The molecule has 4 nitrogen and oxygen atoms in total. The van der Waals surface area contributed by atoms with E-state index < -0.39 is 0 Å². The van der Waals surface area contributed by atoms with Crippen LogP contribution in [0.4, 0.5) is 4.79 Å². The van der Waals surface area contributed by atoms with E-state index in [0.29, 0.717) is 18.1 Å². The maximum atomic E-state index is 11.9. The van der Waals surface area contributed by atoms with Gasteiger partial charge in [-0.15, -0.1) is 0 Å². The Kier molecular flexibility index (Phi) is 6.44. The highest BCUT2D eigenvalue weighted by Gasteiger charge is 2.13. The Morgan fingerprint density at radius 3 is 2.48 bits per heavy atom. The minimum atomic E-state index is -0.226. The quantitative estimate of drug-likeness (QED) is 0.844. The van der Waals surface area contributed by atoms with Crippen LogP contribution in [-0.2, 0) is 11.3 Å². The first-order valence-electron chi connectivity index (χ1n) is 7.44. The molecule has 0 heterocycles. The summed E-state index contributed by atoms with van der Waals surface area (Å²) < 4.78 is 5.49. The van der Waals surface area contributed by atoms with Crippen LogP contribution in [0.3, 0.4) is 0 Å². The van der Waals surface area contributed by atoms with E-state index >= 15 is 0 Å². The minimum Gasteiger partial charge on any atom is -0.375 e. The van der Waals surface area contributed by atoms with Gasteiger partial charge in [0.1, 0.15) is 0 Å². The smallest absolute Gasteiger partial charge is 0.315 e. The van der Waals surface area contributed by atoms with Gasteiger partial charge in [-0.05, 0) is 35.7 Å². The Hall–Kier alpha value is -2.04. The van der Waals surface area contributed by atoms with Crippen molar-refractivity contribution in [2.45, 2.75) is 19.6 Å². The molecule has 0 bridgehead atoms. The molecule has 0 aliphatic carbocycles. The number of nitrogens with one attached hydrogen (secondary N) is 2. The van der Waals surface area contributed by atoms with Gasteiger partial charge in [0.05, 0.1) is 6.10 Å². The van der Waals surface area contributed by atoms with Crippen molar-refractivity contribution >= 4 is 17.6 Å². The second-order valence-electron chi connectivity index (χ2n) is 5.27. The first-order valence-corrected chi connectivity index (χ1v) is 7.82. The number of rotatable bonds is 6. The maximum absolute atomic E-state index is 11.9. The fourth-order valence-corrected chi connectivity index (χ4v) is 2.43. The molecule has 122 valence electrons. The molecule has 0 aromatic heterocycles. The number of aryl methyl sites for hydroxylation is 1. The number of amides is 2. The molecule has 2 amide bonds. The molecule has 0 aliphatic heterocycles. The van der Waals surface area contributed by atoms with Crippen LogP contribution in [-0.4, -0.2) is 19.7 Å². The van der Waals surface area contributed by atoms with Crippen molar-refractivity contribution in [1.82, 2.24) is 10.6 Å². The number of urea groups is 1. The Labute approximate surface area is 141 Å². The fourth-order valence-electron chi connectivity index (χ4n) is 2.30. The van der Waals surface area contributed by atoms with Gasteiger partial charge >= 0.3 is 6.03 Å². The zero-order valence-corrected chi connectivity index (χ0v) is 14.1. The molecular formula is C18H21ClN2O2. The molecule has 0 spiro atoms. The molecule has 1 unspecified atom stereocenters. The van der Waals surface area contributed by atoms with Gasteiger partial charge in [0, 0.05) is 25.2 Å². The molecule has 2 aromatic carbocycles. The summed E-state index contributed by atoms with van der Waals surface area (Å²) in [5, 5.41) is 6.34. The van der Waals surface area contributed by atoms with E-state index in [9.17, 15) is 4.79 Å². The first kappa shape index (κ1) is 17.3. The largest absolute Gasteiger partial charge is 0.375 e. The number of hydrogen-bond acceptors (Lipinski definition) is 2. The predicted octanol–water partition coefficient (Wildman–Crippen LogP) is 3.84. The van der Waals surface area contributed by atoms with Crippen LogP contribution in [0.15, 0.2) is 48.5 Å². The van der Waals surface area contributed by atoms with E-state index in [1.807, 2.05) is 43.3 Å². The second-order valence-corrected chi connectivity index (χ2v) is 5.71. The van der Waals surface area contributed by atoms with Gasteiger partial charge < -0.3 is 15.4 Å². The molecule has 0 saturated carbocycles. The summed E-state index contributed by atoms with van der Waals surface area (Å²) in [4.78, 5) is 11.9. The van der Waals surface area contributed by atoms with Crippen molar-refractivity contribution in [3.05, 3.63) is 70.2 Å². The normalized spacial score (nSPS) is 11.8. The summed E-state index contributed by atoms with van der Waals surface area (Å²) in [6.45, 7) is 2.89. The van der Waals surface area contributed by atoms with Crippen molar-refractivity contribution in [1.29, 1.82) is 0 Å². The number of carbonyl (C=O) groups is 1. The van der Waals surface area contributed by atoms with Crippen LogP contribution in [0, 0.1) is 6.92 Å². The summed E-state index contributed by atoms with van der Waals surface area (Å²) in [5.41, 5.74) is 3.21. The van der Waals surface area contributed by atoms with Crippen LogP contribution in [0.1, 0.15) is 22.8 Å². The Balaban J connectivity index is 1.83. The van der Waals surface area contributed by atoms with Crippen LogP contribution in [0.2, 0.25) is 5.02 Å². The number of carbonyl (C=O) groups excluding carboxylic acids is 1. The van der Waals surface area contributed by atoms with E-state index in [4.69, 9.17) is 16.3 Å². The lowest BCUT2D eigenvalue weighted by Gasteiger charge is -2.18. The average Bonchev–Trinajstić information content (AvgIpc) is 2.56. The fraction of sp³-hybridized carbons (Fsp3) is 0.278. The summed E-state index contributed by atoms with van der Waals surface area (Å²) in [5.74, 6) is 0. The molecular weight excluding hydrogens is 312 g/mol. The van der Waals surface area contributed by atoms with Gasteiger partial charge in [0.25, 0.3) is 0 Å². The van der Waals surface area contributed by atoms with Crippen molar-refractivity contribution < 1.29 is 9.53 Å². The van der Waals surface area contributed by atoms with E-state index in [1.165, 1.54) is 0 Å². The molecule has 2 rings (SSSR count). The van der Waals surface area contributed by atoms with Crippen molar-refractivity contribution in [2.24, 2.45) is 0 Å². The SMILES string of the molecule is COC(CNC(=O)NCc1ccc(Cl)cc1)c1ccccc1C. The van der Waals surface area contributed by atoms with Gasteiger partial charge in [-0.25, -0.2) is 4.79 Å². The van der Waals surface area contributed by atoms with E-state index in [-0.39, 0.29) is 12.1 Å². The Bertz CT molecular complexity index is 644. The van der Waals surface area contributed by atoms with Crippen LogP contribution >= 0.6 is 11.6 Å². The van der Waals surface area contributed by atoms with E-state index in [1.54, 1.807) is 19.2 Å². The van der Waals surface area contributed by atoms with Crippen LogP contribution < -0.4 is 10.6 Å². The highest BCUT2D eigenvalue weighted by Crippen LogP contribution is 2.19. The maximum Gasteiger partial charge on any atom is 0.315 e. The molecule has 0 radical (unpaired) electrons. The summed E-state index contributed by atoms with van der Waals surface area (Å²) in [6.07, 6.45) is -0.169. The van der Waals surface area contributed by atoms with Gasteiger partial charge in [-0.3, -0.25) is 0 Å². The molecule has 2 aromatic rings. The summed E-state index contributed by atoms with van der Waals surface area (Å²) in [6, 6.07) is 15.1. The van der Waals surface area contributed by atoms with Crippen LogP contribution in [0.25, 0.3) is 0 Å². The third-order valence-corrected chi connectivity index (χ3v) is 3.89. The summed E-state index contributed by atoms with van der Waals surface area (Å²) >= 11 is 5.83. The second kappa shape index (κ2) is 8.56. The van der Waals surface area contributed by atoms with Crippen molar-refractivity contribution in [3.63, 3.8) is 0 Å².